The largest absolute Gasteiger partial charge is 0.495 e. The predicted octanol–water partition coefficient (Wildman–Crippen LogP) is 6.91. The summed E-state index contributed by atoms with van der Waals surface area (Å²) in [7, 11) is 1.75. The fourth-order valence-corrected chi connectivity index (χ4v) is 5.15. The van der Waals surface area contributed by atoms with Gasteiger partial charge in [-0.15, -0.1) is 0 Å². The van der Waals surface area contributed by atoms with Crippen LogP contribution in [0.2, 0.25) is 5.02 Å². The monoisotopic (exact) mass is 459 g/mol. The molecule has 0 bridgehead atoms. The Labute approximate surface area is 200 Å². The van der Waals surface area contributed by atoms with Gasteiger partial charge in [-0.3, -0.25) is 4.98 Å². The van der Waals surface area contributed by atoms with E-state index in [2.05, 4.69) is 44.9 Å². The molecule has 0 saturated carbocycles. The molecule has 1 aliphatic rings. The van der Waals surface area contributed by atoms with Gasteiger partial charge in [0.1, 0.15) is 5.75 Å². The summed E-state index contributed by atoms with van der Waals surface area (Å²) in [6, 6.07) is 16.4. The number of aromatic nitrogens is 2. The fourth-order valence-electron chi connectivity index (χ4n) is 4.96. The molecule has 3 heterocycles. The van der Waals surface area contributed by atoms with Crippen LogP contribution < -0.4 is 4.74 Å². The Bertz CT molecular complexity index is 1240. The van der Waals surface area contributed by atoms with Gasteiger partial charge in [0.25, 0.3) is 0 Å². The third kappa shape index (κ3) is 4.78. The van der Waals surface area contributed by atoms with E-state index in [9.17, 15) is 0 Å². The minimum absolute atomic E-state index is 0.730. The fraction of sp³-hybridized carbons (Fsp3) is 0.321. The highest BCUT2D eigenvalue weighted by molar-refractivity contribution is 6.30. The molecule has 4 nitrogen and oxygen atoms in total. The number of nitrogens with zero attached hydrogens (tertiary/aromatic N) is 3. The minimum atomic E-state index is 0.730. The van der Waals surface area contributed by atoms with Crippen LogP contribution >= 0.6 is 11.6 Å². The van der Waals surface area contributed by atoms with Crippen molar-refractivity contribution in [3.63, 3.8) is 0 Å². The molecule has 5 heteroatoms. The highest BCUT2D eigenvalue weighted by Gasteiger charge is 2.16. The van der Waals surface area contributed by atoms with E-state index in [1.54, 1.807) is 7.11 Å². The molecule has 0 aliphatic carbocycles. The van der Waals surface area contributed by atoms with E-state index >= 15 is 0 Å². The quantitative estimate of drug-likeness (QED) is 0.301. The first-order valence-corrected chi connectivity index (χ1v) is 12.2. The summed E-state index contributed by atoms with van der Waals surface area (Å²) in [5.74, 6) is 0.913. The highest BCUT2D eigenvalue weighted by Crippen LogP contribution is 2.37. The van der Waals surface area contributed by atoms with Crippen molar-refractivity contribution < 1.29 is 4.74 Å². The van der Waals surface area contributed by atoms with E-state index in [0.29, 0.717) is 0 Å². The minimum Gasteiger partial charge on any atom is -0.495 e. The van der Waals surface area contributed by atoms with Gasteiger partial charge in [0.2, 0.25) is 0 Å². The average Bonchev–Trinajstić information content (AvgIpc) is 3.24. The summed E-state index contributed by atoms with van der Waals surface area (Å²) in [4.78, 5) is 7.16. The van der Waals surface area contributed by atoms with Gasteiger partial charge in [-0.2, -0.15) is 0 Å². The van der Waals surface area contributed by atoms with Gasteiger partial charge < -0.3 is 14.2 Å². The van der Waals surface area contributed by atoms with Crippen LogP contribution in [0.15, 0.2) is 67.1 Å². The predicted molar refractivity (Wildman–Crippen MR) is 137 cm³/mol. The third-order valence-corrected chi connectivity index (χ3v) is 6.85. The SMILES string of the molecule is COc1cccc2c(-c3cncc(-c4cccc(Cl)c4)c3)cn(CCCN3CCCCC3)c12. The van der Waals surface area contributed by atoms with Crippen LogP contribution in [0, 0.1) is 0 Å². The van der Waals surface area contributed by atoms with Gasteiger partial charge in [-0.05, 0) is 68.7 Å². The van der Waals surface area contributed by atoms with E-state index in [4.69, 9.17) is 16.3 Å². The Morgan fingerprint density at radius 3 is 2.55 bits per heavy atom. The van der Waals surface area contributed by atoms with Crippen molar-refractivity contribution >= 4 is 22.5 Å². The molecule has 33 heavy (non-hydrogen) atoms. The molecular formula is C28H30ClN3O. The number of rotatable bonds is 7. The third-order valence-electron chi connectivity index (χ3n) is 6.61. The summed E-state index contributed by atoms with van der Waals surface area (Å²) >= 11 is 6.23. The van der Waals surface area contributed by atoms with Crippen LogP contribution in [0.1, 0.15) is 25.7 Å². The summed E-state index contributed by atoms with van der Waals surface area (Å²) < 4.78 is 8.12. The molecule has 2 aromatic heterocycles. The Kier molecular flexibility index (Phi) is 6.65. The molecular weight excluding hydrogens is 430 g/mol. The van der Waals surface area contributed by atoms with Crippen molar-refractivity contribution in [3.8, 4) is 28.0 Å². The number of methoxy groups -OCH3 is 1. The number of halogens is 1. The van der Waals surface area contributed by atoms with Gasteiger partial charge in [-0.1, -0.05) is 42.3 Å². The molecule has 4 aromatic rings. The second-order valence-electron chi connectivity index (χ2n) is 8.82. The number of ether oxygens (including phenoxy) is 1. The second kappa shape index (κ2) is 9.98. The molecule has 1 fully saturated rings. The first kappa shape index (κ1) is 22.0. The summed E-state index contributed by atoms with van der Waals surface area (Å²) in [6.45, 7) is 4.59. The summed E-state index contributed by atoms with van der Waals surface area (Å²) in [5, 5.41) is 1.92. The second-order valence-corrected chi connectivity index (χ2v) is 9.26. The van der Waals surface area contributed by atoms with Gasteiger partial charge in [-0.25, -0.2) is 0 Å². The molecule has 0 spiro atoms. The number of likely N-dealkylation sites (tertiary alicyclic amines) is 1. The molecule has 0 atom stereocenters. The molecule has 0 radical (unpaired) electrons. The zero-order chi connectivity index (χ0) is 22.6. The maximum atomic E-state index is 6.23. The molecule has 1 saturated heterocycles. The van der Waals surface area contributed by atoms with E-state index in [1.165, 1.54) is 43.3 Å². The molecule has 0 unspecified atom stereocenters. The Morgan fingerprint density at radius 1 is 0.909 bits per heavy atom. The van der Waals surface area contributed by atoms with Crippen LogP contribution in [0.4, 0.5) is 0 Å². The van der Waals surface area contributed by atoms with E-state index < -0.39 is 0 Å². The van der Waals surface area contributed by atoms with Crippen LogP contribution in [-0.4, -0.2) is 41.2 Å². The number of piperidine rings is 1. The molecule has 170 valence electrons. The van der Waals surface area contributed by atoms with Crippen LogP contribution in [-0.2, 0) is 6.54 Å². The topological polar surface area (TPSA) is 30.3 Å². The van der Waals surface area contributed by atoms with Gasteiger partial charge in [0.05, 0.1) is 12.6 Å². The normalized spacial score (nSPS) is 14.6. The van der Waals surface area contributed by atoms with Crippen LogP contribution in [0.25, 0.3) is 33.2 Å². The number of hydrogen-bond donors (Lipinski definition) is 0. The maximum absolute atomic E-state index is 6.23. The number of fused-ring (bicyclic) bond motifs is 1. The molecule has 5 rings (SSSR count). The average molecular weight is 460 g/mol. The van der Waals surface area contributed by atoms with Crippen molar-refractivity contribution in [3.05, 3.63) is 72.1 Å². The maximum Gasteiger partial charge on any atom is 0.143 e. The first-order chi connectivity index (χ1) is 16.2. The number of benzene rings is 2. The number of pyridine rings is 1. The van der Waals surface area contributed by atoms with Crippen molar-refractivity contribution in [2.45, 2.75) is 32.2 Å². The van der Waals surface area contributed by atoms with E-state index in [-0.39, 0.29) is 0 Å². The Hall–Kier alpha value is -2.82. The van der Waals surface area contributed by atoms with Crippen molar-refractivity contribution in [2.75, 3.05) is 26.7 Å². The van der Waals surface area contributed by atoms with E-state index in [0.717, 1.165) is 52.5 Å². The van der Waals surface area contributed by atoms with Crippen molar-refractivity contribution in [1.82, 2.24) is 14.5 Å². The van der Waals surface area contributed by atoms with Gasteiger partial charge in [0, 0.05) is 52.2 Å². The molecule has 2 aromatic carbocycles. The lowest BCUT2D eigenvalue weighted by Crippen LogP contribution is -2.31. The number of para-hydroxylation sites is 1. The Balaban J connectivity index is 1.49. The lowest BCUT2D eigenvalue weighted by Gasteiger charge is -2.26. The summed E-state index contributed by atoms with van der Waals surface area (Å²) in [6.07, 6.45) is 11.3. The zero-order valence-electron chi connectivity index (χ0n) is 19.1. The van der Waals surface area contributed by atoms with Crippen molar-refractivity contribution in [2.24, 2.45) is 0 Å². The summed E-state index contributed by atoms with van der Waals surface area (Å²) in [5.41, 5.74) is 5.56. The zero-order valence-corrected chi connectivity index (χ0v) is 19.9. The lowest BCUT2D eigenvalue weighted by molar-refractivity contribution is 0.223. The van der Waals surface area contributed by atoms with E-state index in [1.807, 2.05) is 36.7 Å². The first-order valence-electron chi connectivity index (χ1n) is 11.8. The Morgan fingerprint density at radius 2 is 1.73 bits per heavy atom. The van der Waals surface area contributed by atoms with Gasteiger partial charge >= 0.3 is 0 Å². The highest BCUT2D eigenvalue weighted by atomic mass is 35.5. The molecule has 0 amide bonds. The van der Waals surface area contributed by atoms with Crippen molar-refractivity contribution in [1.29, 1.82) is 0 Å². The van der Waals surface area contributed by atoms with Crippen LogP contribution in [0.3, 0.4) is 0 Å². The lowest BCUT2D eigenvalue weighted by atomic mass is 10.0. The standard InChI is InChI=1S/C28H30ClN3O/c1-33-27-11-6-10-25-26(20-32(28(25)27)15-7-14-31-12-3-2-4-13-31)23-16-22(18-30-19-23)21-8-5-9-24(29)17-21/h5-6,8-11,16-20H,2-4,7,12-15H2,1H3. The van der Waals surface area contributed by atoms with Crippen LogP contribution in [0.5, 0.6) is 5.75 Å². The molecule has 0 N–H and O–H groups in total. The molecule has 1 aliphatic heterocycles. The van der Waals surface area contributed by atoms with Gasteiger partial charge in [0.15, 0.2) is 0 Å². The smallest absolute Gasteiger partial charge is 0.143 e. The number of hydrogen-bond acceptors (Lipinski definition) is 3. The number of aryl methyl sites for hydroxylation is 1.